The molecule has 2 saturated carbocycles. The predicted molar refractivity (Wildman–Crippen MR) is 87.1 cm³/mol. The Morgan fingerprint density at radius 3 is 2.62 bits per heavy atom. The van der Waals surface area contributed by atoms with Gasteiger partial charge in [-0.05, 0) is 42.1 Å². The topological polar surface area (TPSA) is 80.5 Å². The van der Waals surface area contributed by atoms with E-state index in [0.717, 1.165) is 17.7 Å². The lowest BCUT2D eigenvalue weighted by Gasteiger charge is -2.27. The molecule has 2 fully saturated rings. The van der Waals surface area contributed by atoms with E-state index in [4.69, 9.17) is 0 Å². The number of allylic oxidation sites excluding steroid dienone is 2. The number of carbonyl (C=O) groups is 2. The average Bonchev–Trinajstić information content (AvgIpc) is 3.23. The van der Waals surface area contributed by atoms with Crippen LogP contribution in [0.25, 0.3) is 0 Å². The molecule has 0 saturated heterocycles. The molecule has 0 heterocycles. The molecule has 1 aromatic carbocycles. The van der Waals surface area contributed by atoms with Crippen molar-refractivity contribution in [2.75, 3.05) is 4.90 Å². The SMILES string of the molecule is C[C@H]1[C@@H](C(=O)N(C=O)c2cccc([N+](=O)[O-])c2)[C@@H]2C=C[C@H]1C21CC1. The quantitative estimate of drug-likeness (QED) is 0.369. The summed E-state index contributed by atoms with van der Waals surface area (Å²) in [5.74, 6) is 0.311. The fourth-order valence-corrected chi connectivity index (χ4v) is 4.92. The van der Waals surface area contributed by atoms with Gasteiger partial charge in [-0.25, -0.2) is 0 Å². The third kappa shape index (κ3) is 1.89. The zero-order valence-electron chi connectivity index (χ0n) is 13.3. The van der Waals surface area contributed by atoms with Crippen molar-refractivity contribution in [2.24, 2.45) is 29.1 Å². The highest BCUT2D eigenvalue weighted by Crippen LogP contribution is 2.72. The molecular weight excluding hydrogens is 308 g/mol. The second kappa shape index (κ2) is 5.00. The van der Waals surface area contributed by atoms with Gasteiger partial charge in [0.25, 0.3) is 5.69 Å². The first-order valence-corrected chi connectivity index (χ1v) is 8.21. The standard InChI is InChI=1S/C18H18N2O4/c1-11-14-5-6-15(18(14)7-8-18)16(11)17(22)19(10-21)12-3-2-4-13(9-12)20(23)24/h2-6,9-11,14-16H,7-8H2,1H3/t11-,14-,15+,16-/m1/s1. The molecule has 24 heavy (non-hydrogen) atoms. The average molecular weight is 326 g/mol. The number of carbonyl (C=O) groups excluding carboxylic acids is 2. The first-order chi connectivity index (χ1) is 11.5. The lowest BCUT2D eigenvalue weighted by Crippen LogP contribution is -2.39. The summed E-state index contributed by atoms with van der Waals surface area (Å²) in [7, 11) is 0. The second-order valence-electron chi connectivity index (χ2n) is 7.15. The highest BCUT2D eigenvalue weighted by Gasteiger charge is 2.67. The minimum atomic E-state index is -0.529. The summed E-state index contributed by atoms with van der Waals surface area (Å²) in [6.45, 7) is 2.08. The number of benzene rings is 1. The summed E-state index contributed by atoms with van der Waals surface area (Å²) in [6, 6.07) is 5.66. The van der Waals surface area contributed by atoms with Gasteiger partial charge in [-0.3, -0.25) is 24.6 Å². The van der Waals surface area contributed by atoms with E-state index >= 15 is 0 Å². The van der Waals surface area contributed by atoms with Crippen molar-refractivity contribution >= 4 is 23.7 Å². The van der Waals surface area contributed by atoms with E-state index < -0.39 is 4.92 Å². The van der Waals surface area contributed by atoms with Crippen molar-refractivity contribution < 1.29 is 14.5 Å². The van der Waals surface area contributed by atoms with Gasteiger partial charge in [-0.2, -0.15) is 0 Å². The normalized spacial score (nSPS) is 31.2. The van der Waals surface area contributed by atoms with Gasteiger partial charge in [-0.15, -0.1) is 0 Å². The molecule has 3 aliphatic carbocycles. The van der Waals surface area contributed by atoms with Gasteiger partial charge in [0.2, 0.25) is 12.3 Å². The third-order valence-corrected chi connectivity index (χ3v) is 6.15. The molecule has 6 heteroatoms. The van der Waals surface area contributed by atoms with Gasteiger partial charge >= 0.3 is 0 Å². The van der Waals surface area contributed by atoms with E-state index in [9.17, 15) is 19.7 Å². The molecule has 0 radical (unpaired) electrons. The summed E-state index contributed by atoms with van der Waals surface area (Å²) < 4.78 is 0. The summed E-state index contributed by atoms with van der Waals surface area (Å²) in [5.41, 5.74) is 0.358. The van der Waals surface area contributed by atoms with E-state index in [1.165, 1.54) is 18.2 Å². The largest absolute Gasteiger partial charge is 0.278 e. The predicted octanol–water partition coefficient (Wildman–Crippen LogP) is 2.93. The van der Waals surface area contributed by atoms with Crippen LogP contribution in [0.15, 0.2) is 36.4 Å². The molecule has 1 aromatic rings. The lowest BCUT2D eigenvalue weighted by atomic mass is 9.83. The molecule has 2 bridgehead atoms. The molecule has 124 valence electrons. The van der Waals surface area contributed by atoms with Crippen molar-refractivity contribution in [1.82, 2.24) is 0 Å². The number of amides is 2. The maximum Gasteiger partial charge on any atom is 0.271 e. The maximum atomic E-state index is 13.1. The fraction of sp³-hybridized carbons (Fsp3) is 0.444. The van der Waals surface area contributed by atoms with E-state index in [1.807, 2.05) is 0 Å². The Hall–Kier alpha value is -2.50. The van der Waals surface area contributed by atoms with E-state index in [-0.39, 0.29) is 40.5 Å². The number of anilines is 1. The monoisotopic (exact) mass is 326 g/mol. The smallest absolute Gasteiger partial charge is 0.271 e. The molecule has 2 amide bonds. The minimum Gasteiger partial charge on any atom is -0.278 e. The molecule has 3 aliphatic rings. The van der Waals surface area contributed by atoms with E-state index in [0.29, 0.717) is 12.3 Å². The molecule has 0 aliphatic heterocycles. The van der Waals surface area contributed by atoms with E-state index in [2.05, 4.69) is 19.1 Å². The molecule has 4 rings (SSSR count). The molecule has 4 atom stereocenters. The van der Waals surface area contributed by atoms with Crippen LogP contribution in [0.4, 0.5) is 11.4 Å². The Labute approximate surface area is 139 Å². The summed E-state index contributed by atoms with van der Waals surface area (Å²) in [6.07, 6.45) is 7.12. The Kier molecular flexibility index (Phi) is 3.13. The Balaban J connectivity index is 1.66. The van der Waals surface area contributed by atoms with Crippen LogP contribution in [0.1, 0.15) is 19.8 Å². The zero-order valence-corrected chi connectivity index (χ0v) is 13.3. The van der Waals surface area contributed by atoms with Crippen LogP contribution < -0.4 is 4.90 Å². The van der Waals surface area contributed by atoms with Crippen molar-refractivity contribution in [3.05, 3.63) is 46.5 Å². The van der Waals surface area contributed by atoms with Crippen molar-refractivity contribution in [2.45, 2.75) is 19.8 Å². The molecule has 6 nitrogen and oxygen atoms in total. The number of nitro benzene ring substituents is 1. The van der Waals surface area contributed by atoms with Crippen molar-refractivity contribution in [1.29, 1.82) is 0 Å². The second-order valence-corrected chi connectivity index (χ2v) is 7.15. The van der Waals surface area contributed by atoms with Crippen LogP contribution in [0.2, 0.25) is 0 Å². The number of imide groups is 1. The first kappa shape index (κ1) is 15.1. The summed E-state index contributed by atoms with van der Waals surface area (Å²) in [5, 5.41) is 10.9. The Morgan fingerprint density at radius 2 is 2.04 bits per heavy atom. The molecule has 0 N–H and O–H groups in total. The highest BCUT2D eigenvalue weighted by molar-refractivity contribution is 6.08. The highest BCUT2D eigenvalue weighted by atomic mass is 16.6. The third-order valence-electron chi connectivity index (χ3n) is 6.15. The number of rotatable bonds is 4. The van der Waals surface area contributed by atoms with Crippen LogP contribution in [0.3, 0.4) is 0 Å². The van der Waals surface area contributed by atoms with Crippen LogP contribution in [0.5, 0.6) is 0 Å². The van der Waals surface area contributed by atoms with Crippen molar-refractivity contribution in [3.63, 3.8) is 0 Å². The fourth-order valence-electron chi connectivity index (χ4n) is 4.92. The Bertz CT molecular complexity index is 768. The van der Waals surface area contributed by atoms with Gasteiger partial charge in [0, 0.05) is 18.1 Å². The number of hydrogen-bond donors (Lipinski definition) is 0. The van der Waals surface area contributed by atoms with E-state index in [1.54, 1.807) is 6.07 Å². The summed E-state index contributed by atoms with van der Waals surface area (Å²) >= 11 is 0. The number of nitrogens with zero attached hydrogens (tertiary/aromatic N) is 2. The zero-order chi connectivity index (χ0) is 17.1. The molecule has 1 spiro atoms. The molecular formula is C18H18N2O4. The molecule has 0 aromatic heterocycles. The number of hydrogen-bond acceptors (Lipinski definition) is 4. The van der Waals surface area contributed by atoms with Crippen LogP contribution >= 0.6 is 0 Å². The minimum absolute atomic E-state index is 0.133. The van der Waals surface area contributed by atoms with Gasteiger partial charge < -0.3 is 0 Å². The number of non-ortho nitro benzene ring substituents is 1. The first-order valence-electron chi connectivity index (χ1n) is 8.21. The number of nitro groups is 1. The van der Waals surface area contributed by atoms with Crippen molar-refractivity contribution in [3.8, 4) is 0 Å². The van der Waals surface area contributed by atoms with Gasteiger partial charge in [0.15, 0.2) is 0 Å². The van der Waals surface area contributed by atoms with Crippen LogP contribution in [0, 0.1) is 39.2 Å². The lowest BCUT2D eigenvalue weighted by molar-refractivity contribution is -0.384. The van der Waals surface area contributed by atoms with Crippen LogP contribution in [-0.2, 0) is 9.59 Å². The Morgan fingerprint density at radius 1 is 1.33 bits per heavy atom. The maximum absolute atomic E-state index is 13.1. The summed E-state index contributed by atoms with van der Waals surface area (Å²) in [4.78, 5) is 36.1. The van der Waals surface area contributed by atoms with Gasteiger partial charge in [0.05, 0.1) is 10.6 Å². The van der Waals surface area contributed by atoms with Gasteiger partial charge in [0.1, 0.15) is 0 Å². The van der Waals surface area contributed by atoms with Crippen LogP contribution in [-0.4, -0.2) is 17.2 Å². The van der Waals surface area contributed by atoms with Gasteiger partial charge in [-0.1, -0.05) is 25.1 Å². The molecule has 0 unspecified atom stereocenters.